The van der Waals surface area contributed by atoms with E-state index in [1.807, 2.05) is 0 Å². The first kappa shape index (κ1) is 119. The van der Waals surface area contributed by atoms with Gasteiger partial charge in [0.2, 0.25) is 106 Å². The zero-order valence-corrected chi connectivity index (χ0v) is 78.8. The van der Waals surface area contributed by atoms with Crippen LogP contribution in [0.25, 0.3) is 0 Å². The molecule has 0 saturated carbocycles. The first-order valence-corrected chi connectivity index (χ1v) is 46.3. The van der Waals surface area contributed by atoms with Gasteiger partial charge in [-0.15, -0.1) is 0 Å². The van der Waals surface area contributed by atoms with Gasteiger partial charge in [-0.1, -0.05) is 30.3 Å². The minimum Gasteiger partial charge on any atom is -0.481 e. The summed E-state index contributed by atoms with van der Waals surface area (Å²) in [5.74, 6) is -22.9. The van der Waals surface area contributed by atoms with Crippen LogP contribution in [0.1, 0.15) is 129 Å². The fraction of sp³-hybridized carbons (Fsp3) is 0.682. The van der Waals surface area contributed by atoms with Crippen LogP contribution in [-0.2, 0) is 126 Å². The van der Waals surface area contributed by atoms with Crippen LogP contribution in [0.15, 0.2) is 30.3 Å². The van der Waals surface area contributed by atoms with Crippen molar-refractivity contribution in [1.29, 1.82) is 0 Å². The first-order chi connectivity index (χ1) is 67.6. The number of benzene rings is 1. The summed E-state index contributed by atoms with van der Waals surface area (Å²) in [5, 5.41) is 155. The van der Waals surface area contributed by atoms with Crippen LogP contribution in [0.3, 0.4) is 0 Å². The zero-order valence-electron chi connectivity index (χ0n) is 78.8. The second-order valence-corrected chi connectivity index (χ2v) is 34.8. The number of carboxylic acids is 3. The van der Waals surface area contributed by atoms with Gasteiger partial charge in [-0.05, 0) is 110 Å². The SMILES string of the molecule is C[C@H](N)C(=O)NCC(=O)N[C@@H](Cc1ccccc1)C(=O)N[C@@H](CC[C@H](CN)O[C@@H]1O[C@H](CO)[C@H](O)[C@H](O)[C@H]1O)C(=O)NCC(=O)N[C@@H](CCC(=O)O)C(=O)N[C@@H](CCC(N)=O)C(=O)NCC(=O)N1CCC[C@H]1C(=O)N[C@@H](CC[C@H](CN)O[C@@H]1O[C@H](CO)[C@H](O)[C@H](O)[C@H]1O)C(=O)NCC(=O)N[C@@H](CCC(=O)O)C(=O)N[C@H](C(=O)NCC(=O)N1CCC[C@H]1C(=O)N[C@@H](C)C(=O)NCC(=O)N1CCC[C@H]1C(=O)O)[C@@H](C)O. The average molecular weight is 2040 g/mol. The maximum Gasteiger partial charge on any atom is 0.326 e. The Bertz CT molecular complexity index is 4560. The van der Waals surface area contributed by atoms with Gasteiger partial charge in [0.1, 0.15) is 115 Å². The minimum absolute atomic E-state index is 0.0125. The van der Waals surface area contributed by atoms with E-state index in [-0.39, 0.29) is 71.0 Å². The summed E-state index contributed by atoms with van der Waals surface area (Å²) in [6, 6.07) is -10.5. The molecule has 5 heterocycles. The van der Waals surface area contributed by atoms with Crippen LogP contribution in [0.5, 0.6) is 0 Å². The largest absolute Gasteiger partial charge is 0.481 e. The number of rotatable bonds is 58. The highest BCUT2D eigenvalue weighted by Gasteiger charge is 2.48. The van der Waals surface area contributed by atoms with Crippen LogP contribution >= 0.6 is 0 Å². The van der Waals surface area contributed by atoms with E-state index in [9.17, 15) is 162 Å². The molecule has 5 aliphatic rings. The van der Waals surface area contributed by atoms with Gasteiger partial charge in [0.25, 0.3) is 0 Å². The van der Waals surface area contributed by atoms with Crippen LogP contribution in [-0.4, -0.2) is 438 Å². The van der Waals surface area contributed by atoms with Gasteiger partial charge >= 0.3 is 17.9 Å². The number of aliphatic hydroxyl groups is 9. The summed E-state index contributed by atoms with van der Waals surface area (Å²) < 4.78 is 22.5. The lowest BCUT2D eigenvalue weighted by Gasteiger charge is -2.40. The predicted octanol–water partition coefficient (Wildman–Crippen LogP) is -16.5. The van der Waals surface area contributed by atoms with Crippen LogP contribution in [0.2, 0.25) is 0 Å². The third kappa shape index (κ3) is 37.6. The second-order valence-electron chi connectivity index (χ2n) is 34.8. The zero-order chi connectivity index (χ0) is 106. The molecule has 800 valence electrons. The molecule has 0 aliphatic carbocycles. The van der Waals surface area contributed by atoms with E-state index in [1.165, 1.54) is 13.8 Å². The Morgan fingerprint density at radius 2 is 0.762 bits per heavy atom. The van der Waals surface area contributed by atoms with Crippen LogP contribution in [0.4, 0.5) is 0 Å². The summed E-state index contributed by atoms with van der Waals surface area (Å²) in [6.07, 6.45) is -27.4. The van der Waals surface area contributed by atoms with Gasteiger partial charge in [0, 0.05) is 58.4 Å². The summed E-state index contributed by atoms with van der Waals surface area (Å²) in [4.78, 5) is 285. The van der Waals surface area contributed by atoms with E-state index in [0.717, 1.165) is 21.6 Å². The lowest BCUT2D eigenvalue weighted by atomic mass is 9.99. The van der Waals surface area contributed by atoms with Crippen molar-refractivity contribution >= 4 is 124 Å². The molecule has 143 heavy (non-hydrogen) atoms. The molecular weight excluding hydrogens is 1910 g/mol. The average Bonchev–Trinajstić information content (AvgIpc) is 1.74. The third-order valence-electron chi connectivity index (χ3n) is 23.9. The highest BCUT2D eigenvalue weighted by Crippen LogP contribution is 2.28. The number of nitrogens with zero attached hydrogens (tertiary/aromatic N) is 3. The molecule has 6 rings (SSSR count). The molecule has 0 unspecified atom stereocenters. The van der Waals surface area contributed by atoms with Crippen molar-refractivity contribution in [2.24, 2.45) is 22.9 Å². The lowest BCUT2D eigenvalue weighted by Crippen LogP contribution is -2.60. The van der Waals surface area contributed by atoms with Gasteiger partial charge in [-0.3, -0.25) is 95.9 Å². The van der Waals surface area contributed by atoms with Gasteiger partial charge in [0.05, 0.1) is 76.8 Å². The fourth-order valence-electron chi connectivity index (χ4n) is 15.8. The lowest BCUT2D eigenvalue weighted by molar-refractivity contribution is -0.310. The fourth-order valence-corrected chi connectivity index (χ4v) is 15.8. The van der Waals surface area contributed by atoms with E-state index >= 15 is 0 Å². The number of hydrogen-bond donors (Lipinski definition) is 30. The molecule has 34 N–H and O–H groups in total. The predicted molar refractivity (Wildman–Crippen MR) is 483 cm³/mol. The van der Waals surface area contributed by atoms with Crippen molar-refractivity contribution in [3.63, 3.8) is 0 Å². The Kier molecular flexibility index (Phi) is 49.1. The summed E-state index contributed by atoms with van der Waals surface area (Å²) in [7, 11) is 0. The third-order valence-corrected chi connectivity index (χ3v) is 23.9. The molecule has 0 radical (unpaired) electrons. The van der Waals surface area contributed by atoms with E-state index in [0.29, 0.717) is 12.0 Å². The molecule has 5 fully saturated rings. The van der Waals surface area contributed by atoms with Crippen LogP contribution in [0, 0.1) is 0 Å². The molecule has 5 aliphatic heterocycles. The minimum atomic E-state index is -1.96. The smallest absolute Gasteiger partial charge is 0.326 e. The molecule has 5 saturated heterocycles. The summed E-state index contributed by atoms with van der Waals surface area (Å²) >= 11 is 0. The number of likely N-dealkylation sites (tertiary alicyclic amines) is 3. The number of carbonyl (C=O) groups is 21. The molecule has 0 spiro atoms. The highest BCUT2D eigenvalue weighted by atomic mass is 16.7. The maximum atomic E-state index is 14.6. The normalized spacial score (nSPS) is 23.4. The Morgan fingerprint density at radius 3 is 1.17 bits per heavy atom. The Hall–Kier alpha value is -12.5. The number of aliphatic hydroxyl groups excluding tert-OH is 9. The number of aliphatic carboxylic acids is 3. The topological polar surface area (TPSA) is 920 Å². The molecule has 0 bridgehead atoms. The molecule has 18 amide bonds. The Morgan fingerprint density at radius 1 is 0.406 bits per heavy atom. The molecular formula is C85H133N21O37. The highest BCUT2D eigenvalue weighted by molar-refractivity contribution is 6.00. The number of hydrogen-bond acceptors (Lipinski definition) is 37. The van der Waals surface area contributed by atoms with Crippen LogP contribution < -0.4 is 97.4 Å². The van der Waals surface area contributed by atoms with E-state index in [4.69, 9.17) is 41.9 Å². The number of ether oxygens (including phenoxy) is 4. The quantitative estimate of drug-likeness (QED) is 0.0288. The maximum absolute atomic E-state index is 14.6. The Labute approximate surface area is 817 Å². The molecule has 58 heteroatoms. The van der Waals surface area contributed by atoms with Crippen molar-refractivity contribution in [3.8, 4) is 0 Å². The molecule has 1 aromatic rings. The molecule has 58 nitrogen and oxygen atoms in total. The number of carboxylic acid groups (broad SMARTS) is 3. The van der Waals surface area contributed by atoms with E-state index in [1.54, 1.807) is 30.3 Å². The first-order valence-electron chi connectivity index (χ1n) is 46.3. The van der Waals surface area contributed by atoms with Crippen molar-refractivity contribution in [2.45, 2.75) is 282 Å². The summed E-state index contributed by atoms with van der Waals surface area (Å²) in [5.41, 5.74) is 23.6. The van der Waals surface area contributed by atoms with Gasteiger partial charge in [0.15, 0.2) is 12.6 Å². The van der Waals surface area contributed by atoms with Crippen molar-refractivity contribution in [3.05, 3.63) is 35.9 Å². The number of amides is 18. The van der Waals surface area contributed by atoms with Gasteiger partial charge in [-0.25, -0.2) is 4.79 Å². The molecule has 1 aromatic carbocycles. The second kappa shape index (κ2) is 58.9. The van der Waals surface area contributed by atoms with Crippen molar-refractivity contribution < 1.29 is 181 Å². The van der Waals surface area contributed by atoms with Crippen molar-refractivity contribution in [1.82, 2.24) is 89.1 Å². The molecule has 0 aromatic heterocycles. The van der Waals surface area contributed by atoms with E-state index in [2.05, 4.69) is 74.4 Å². The number of nitrogens with one attached hydrogen (secondary N) is 14. The molecule has 25 atom stereocenters. The standard InChI is InChI=1S/C85H133N21O37/c1-39(88)72(127)90-31-59(113)99-50(28-42-10-5-4-6-11-42)79(134)101-45(17-15-43(29-86)140-84-70(125)68(123)66(121)54(37-107)142-84)74(129)91-32-57(111)97-48(20-23-63(117)118)77(132)100-47(19-22-56(89)110)76(131)94-35-60(114)105-26-8-13-52(105)81(136)102-46(18-16-44(30-87)141-85-71(126)69(124)67(122)55(38-108)143-85)75(130)92-33-58(112)98-49(21-24-64(119)120)78(133)103-65(41(3)109)82(137)95-36-61(115)104-25-7-12-51(104)80(135)96-40(2)73(128)93-34-62(116)106-27-9-14-53(106)83(138)139/h4-6,10-11,39-41,43-55,65-71,84-85,107-109,121-126H,7-9,12-38,86-88H2,1-3H3,(H2,89,110)(H,90,127)(H,91,129)(H,92,130)(H,93,128)(H,94,131)(H,95,137)(H,96,135)(H,97,111)(H,98,112)(H,99,113)(H,100,132)(H,101,134)(H,102,136)(H,103,133)(H,117,118)(H,119,120)(H,138,139)/t39-,40-,41+,43+,44+,45-,46-,47-,48-,49-,50-,51-,52-,53-,54+,55+,65-,66-,67-,68-,69-,70+,71+,84+,85+/m0/s1. The number of nitrogens with two attached hydrogens (primary N) is 4. The number of primary amides is 1. The summed E-state index contributed by atoms with van der Waals surface area (Å²) in [6.45, 7) is -4.21. The van der Waals surface area contributed by atoms with E-state index < -0.39 is 393 Å². The monoisotopic (exact) mass is 2040 g/mol. The van der Waals surface area contributed by atoms with Crippen molar-refractivity contribution in [2.75, 3.05) is 85.2 Å². The number of carbonyl (C=O) groups excluding carboxylic acids is 18. The van der Waals surface area contributed by atoms with Gasteiger partial charge < -0.3 is 192 Å². The van der Waals surface area contributed by atoms with Gasteiger partial charge in [-0.2, -0.15) is 0 Å². The Balaban J connectivity index is 1.13.